The Morgan fingerprint density at radius 3 is 2.38 bits per heavy atom. The second-order valence-electron chi connectivity index (χ2n) is 2.28. The van der Waals surface area contributed by atoms with Crippen molar-refractivity contribution in [3.8, 4) is 12.1 Å². The van der Waals surface area contributed by atoms with E-state index in [4.69, 9.17) is 21.8 Å². The first-order chi connectivity index (χ1) is 6.17. The van der Waals surface area contributed by atoms with E-state index in [9.17, 15) is 0 Å². The summed E-state index contributed by atoms with van der Waals surface area (Å²) < 4.78 is 2.98. The molecule has 64 valence electrons. The maximum absolute atomic E-state index is 8.71. The minimum atomic E-state index is -1.14. The third-order valence-electron chi connectivity index (χ3n) is 1.66. The lowest BCUT2D eigenvalue weighted by molar-refractivity contribution is 1.36. The van der Waals surface area contributed by atoms with Crippen LogP contribution in [0.1, 0.15) is 6.92 Å². The second kappa shape index (κ2) is 3.24. The molecule has 0 saturated carbocycles. The maximum Gasteiger partial charge on any atom is 0.251 e. The molecule has 0 aromatic rings. The molecule has 0 amide bonds. The number of nitrogens with two attached hydrogens (primary N) is 1. The van der Waals surface area contributed by atoms with E-state index in [1.54, 1.807) is 6.92 Å². The quantitative estimate of drug-likeness (QED) is 0.441. The summed E-state index contributed by atoms with van der Waals surface area (Å²) in [6.07, 6.45) is 0. The van der Waals surface area contributed by atoms with E-state index in [0.29, 0.717) is 5.57 Å². The highest BCUT2D eigenvalue weighted by atomic mass is 32.2. The van der Waals surface area contributed by atoms with Crippen molar-refractivity contribution in [2.75, 3.05) is 0 Å². The number of nitrogens with zero attached hydrogens (tertiary/aromatic N) is 4. The minimum Gasteiger partial charge on any atom is -0.387 e. The number of rotatable bonds is 0. The third-order valence-corrected chi connectivity index (χ3v) is 3.23. The molecule has 1 heterocycles. The highest BCUT2D eigenvalue weighted by molar-refractivity contribution is 7.95. The van der Waals surface area contributed by atoms with Crippen LogP contribution in [0.25, 0.3) is 5.53 Å². The molecule has 0 fully saturated rings. The van der Waals surface area contributed by atoms with Crippen molar-refractivity contribution < 1.29 is 0 Å². The van der Waals surface area contributed by atoms with Gasteiger partial charge in [0.05, 0.1) is 5.57 Å². The summed E-state index contributed by atoms with van der Waals surface area (Å²) in [7, 11) is -1.14. The summed E-state index contributed by atoms with van der Waals surface area (Å²) in [4.78, 5) is 0.261. The Morgan fingerprint density at radius 2 is 2.08 bits per heavy atom. The van der Waals surface area contributed by atoms with Gasteiger partial charge in [0.2, 0.25) is 0 Å². The highest BCUT2D eigenvalue weighted by Gasteiger charge is 2.31. The molecular formula is C7H5N5S. The zero-order valence-corrected chi connectivity index (χ0v) is 7.59. The molecule has 0 saturated heterocycles. The fourth-order valence-corrected chi connectivity index (χ4v) is 2.26. The fourth-order valence-electron chi connectivity index (χ4n) is 1.00. The van der Waals surface area contributed by atoms with Gasteiger partial charge in [-0.2, -0.15) is 10.5 Å². The monoisotopic (exact) mass is 191 g/mol. The largest absolute Gasteiger partial charge is 0.387 e. The SMILES string of the molecule is CC1=C(C#N)S(=[N+]=[N-])C(N)=C1C#N. The molecule has 6 heteroatoms. The van der Waals surface area contributed by atoms with Gasteiger partial charge in [0, 0.05) is 5.57 Å². The molecule has 0 aliphatic carbocycles. The van der Waals surface area contributed by atoms with Gasteiger partial charge < -0.3 is 11.3 Å². The van der Waals surface area contributed by atoms with Crippen molar-refractivity contribution in [2.45, 2.75) is 6.92 Å². The van der Waals surface area contributed by atoms with Crippen molar-refractivity contribution in [1.29, 1.82) is 10.5 Å². The Morgan fingerprint density at radius 1 is 1.46 bits per heavy atom. The lowest BCUT2D eigenvalue weighted by atomic mass is 10.1. The first-order valence-electron chi connectivity index (χ1n) is 3.28. The van der Waals surface area contributed by atoms with Crippen molar-refractivity contribution in [3.63, 3.8) is 0 Å². The summed E-state index contributed by atoms with van der Waals surface area (Å²) >= 11 is 0. The van der Waals surface area contributed by atoms with Crippen molar-refractivity contribution >= 4 is 10.7 Å². The maximum atomic E-state index is 8.71. The lowest BCUT2D eigenvalue weighted by Crippen LogP contribution is -2.05. The van der Waals surface area contributed by atoms with Crippen LogP contribution in [0.3, 0.4) is 0 Å². The third kappa shape index (κ3) is 1.15. The van der Waals surface area contributed by atoms with Crippen LogP contribution in [0.4, 0.5) is 0 Å². The Bertz CT molecular complexity index is 464. The lowest BCUT2D eigenvalue weighted by Gasteiger charge is -1.87. The van der Waals surface area contributed by atoms with Crippen LogP contribution < -0.4 is 9.89 Å². The molecule has 1 aliphatic heterocycles. The van der Waals surface area contributed by atoms with Crippen molar-refractivity contribution in [3.05, 3.63) is 26.6 Å². The van der Waals surface area contributed by atoms with Crippen LogP contribution in [0.5, 0.6) is 0 Å². The summed E-state index contributed by atoms with van der Waals surface area (Å²) in [5.74, 6) is 0. The van der Waals surface area contributed by atoms with E-state index < -0.39 is 10.7 Å². The summed E-state index contributed by atoms with van der Waals surface area (Å²) in [6.45, 7) is 1.61. The number of hydrogen-bond acceptors (Lipinski definition) is 3. The molecule has 0 aromatic heterocycles. The van der Waals surface area contributed by atoms with Gasteiger partial charge in [0.25, 0.3) is 10.7 Å². The van der Waals surface area contributed by atoms with Crippen LogP contribution in [0, 0.1) is 22.7 Å². The molecule has 1 aliphatic rings. The molecule has 2 N–H and O–H groups in total. The number of nitriles is 2. The summed E-state index contributed by atoms with van der Waals surface area (Å²) in [5.41, 5.74) is 14.9. The van der Waals surface area contributed by atoms with Crippen LogP contribution in [-0.2, 0) is 10.7 Å². The predicted octanol–water partition coefficient (Wildman–Crippen LogP) is 0.382. The molecule has 0 radical (unpaired) electrons. The van der Waals surface area contributed by atoms with Gasteiger partial charge in [0.1, 0.15) is 12.1 Å². The molecule has 0 spiro atoms. The van der Waals surface area contributed by atoms with Gasteiger partial charge in [0.15, 0.2) is 9.93 Å². The number of allylic oxidation sites excluding steroid dienone is 3. The minimum absolute atomic E-state index is 0.166. The van der Waals surface area contributed by atoms with E-state index in [1.165, 1.54) is 0 Å². The first kappa shape index (κ1) is 9.21. The van der Waals surface area contributed by atoms with Crippen LogP contribution in [0.2, 0.25) is 0 Å². The van der Waals surface area contributed by atoms with Gasteiger partial charge in [-0.05, 0) is 6.92 Å². The van der Waals surface area contributed by atoms with E-state index in [2.05, 4.69) is 4.16 Å². The Balaban J connectivity index is 3.54. The number of hydrogen-bond donors (Lipinski definition) is 1. The van der Waals surface area contributed by atoms with Crippen LogP contribution >= 0.6 is 0 Å². The molecule has 5 nitrogen and oxygen atoms in total. The van der Waals surface area contributed by atoms with Gasteiger partial charge in [-0.25, -0.2) is 0 Å². The molecular weight excluding hydrogens is 186 g/mol. The topological polar surface area (TPSA) is 110 Å². The smallest absolute Gasteiger partial charge is 0.251 e. The summed E-state index contributed by atoms with van der Waals surface area (Å²) in [5, 5.41) is 17.6. The standard InChI is InChI=1S/C7H5N5S/c1-4-5(2-8)7(10)13(12-11)6(4)3-9/h10H2,1H3. The molecule has 0 aromatic carbocycles. The Labute approximate surface area is 77.4 Å². The summed E-state index contributed by atoms with van der Waals surface area (Å²) in [6, 6.07) is 3.75. The average Bonchev–Trinajstić information content (AvgIpc) is 2.36. The molecule has 13 heavy (non-hydrogen) atoms. The zero-order chi connectivity index (χ0) is 10.0. The van der Waals surface area contributed by atoms with E-state index in [0.717, 1.165) is 0 Å². The second-order valence-corrected chi connectivity index (χ2v) is 3.86. The van der Waals surface area contributed by atoms with Gasteiger partial charge in [-0.1, -0.05) is 0 Å². The van der Waals surface area contributed by atoms with Crippen LogP contribution in [-0.4, -0.2) is 0 Å². The normalized spacial score (nSPS) is 21.0. The molecule has 1 unspecified atom stereocenters. The van der Waals surface area contributed by atoms with Gasteiger partial charge in [-0.15, -0.1) is 4.16 Å². The van der Waals surface area contributed by atoms with E-state index >= 15 is 0 Å². The van der Waals surface area contributed by atoms with Gasteiger partial charge in [-0.3, -0.25) is 0 Å². The highest BCUT2D eigenvalue weighted by Crippen LogP contribution is 2.28. The average molecular weight is 191 g/mol. The molecule has 1 rings (SSSR count). The van der Waals surface area contributed by atoms with Crippen molar-refractivity contribution in [1.82, 2.24) is 4.16 Å². The van der Waals surface area contributed by atoms with Crippen molar-refractivity contribution in [2.24, 2.45) is 5.73 Å². The fraction of sp³-hybridized carbons (Fsp3) is 0.143. The van der Waals surface area contributed by atoms with E-state index in [-0.39, 0.29) is 15.5 Å². The van der Waals surface area contributed by atoms with Crippen LogP contribution in [0.15, 0.2) is 21.1 Å². The Kier molecular flexibility index (Phi) is 2.29. The first-order valence-corrected chi connectivity index (χ1v) is 4.46. The van der Waals surface area contributed by atoms with E-state index in [1.807, 2.05) is 12.1 Å². The Hall–Kier alpha value is -1.88. The molecule has 1 atom stereocenters. The van der Waals surface area contributed by atoms with Gasteiger partial charge >= 0.3 is 0 Å². The predicted molar refractivity (Wildman–Crippen MR) is 48.0 cm³/mol. The zero-order valence-electron chi connectivity index (χ0n) is 6.77. The molecule has 0 bridgehead atoms.